The van der Waals surface area contributed by atoms with E-state index in [-0.39, 0.29) is 5.56 Å². The van der Waals surface area contributed by atoms with Gasteiger partial charge in [-0.1, -0.05) is 30.8 Å². The Morgan fingerprint density at radius 2 is 1.80 bits per heavy atom. The van der Waals surface area contributed by atoms with Gasteiger partial charge in [-0.2, -0.15) is 13.2 Å². The van der Waals surface area contributed by atoms with Crippen molar-refractivity contribution in [2.75, 3.05) is 7.11 Å². The molecule has 1 aromatic carbocycles. The normalized spacial score (nSPS) is 11.5. The number of ether oxygens (including phenoxy) is 1. The summed E-state index contributed by atoms with van der Waals surface area (Å²) in [4.78, 5) is 0. The Morgan fingerprint density at radius 3 is 2.20 bits per heavy atom. The Balaban J connectivity index is 2.85. The van der Waals surface area contributed by atoms with Crippen LogP contribution in [0, 0.1) is 0 Å². The zero-order valence-electron chi connectivity index (χ0n) is 8.27. The number of allylic oxidation sites excluding steroid dienone is 1. The predicted octanol–water partition coefficient (Wildman–Crippen LogP) is 3.41. The van der Waals surface area contributed by atoms with Crippen LogP contribution in [-0.4, -0.2) is 13.3 Å². The Hall–Kier alpha value is -1.29. The molecule has 1 nitrogen and oxygen atoms in total. The summed E-state index contributed by atoms with van der Waals surface area (Å²) in [5, 5.41) is 0. The molecule has 0 unspecified atom stereocenters. The minimum absolute atomic E-state index is 0.0855. The number of rotatable bonds is 3. The van der Waals surface area contributed by atoms with Crippen LogP contribution >= 0.6 is 0 Å². The van der Waals surface area contributed by atoms with Gasteiger partial charge in [0, 0.05) is 7.11 Å². The first-order chi connectivity index (χ1) is 6.95. The summed E-state index contributed by atoms with van der Waals surface area (Å²) in [5.74, 6) is 0. The van der Waals surface area contributed by atoms with E-state index in [0.717, 1.165) is 5.56 Å². The van der Waals surface area contributed by atoms with Crippen LogP contribution in [0.1, 0.15) is 11.1 Å². The van der Waals surface area contributed by atoms with E-state index in [1.165, 1.54) is 19.2 Å². The van der Waals surface area contributed by atoms with Gasteiger partial charge in [-0.05, 0) is 11.1 Å². The number of hydrogen-bond donors (Lipinski definition) is 0. The van der Waals surface area contributed by atoms with Gasteiger partial charge in [0.1, 0.15) is 0 Å². The molecule has 15 heavy (non-hydrogen) atoms. The average molecular weight is 216 g/mol. The number of hydrogen-bond acceptors (Lipinski definition) is 1. The fourth-order valence-electron chi connectivity index (χ4n) is 1.13. The van der Waals surface area contributed by atoms with Gasteiger partial charge >= 0.3 is 6.18 Å². The Morgan fingerprint density at radius 1 is 1.27 bits per heavy atom. The van der Waals surface area contributed by atoms with E-state index in [1.807, 2.05) is 0 Å². The van der Waals surface area contributed by atoms with E-state index >= 15 is 0 Å². The van der Waals surface area contributed by atoms with Crippen molar-refractivity contribution in [3.8, 4) is 0 Å². The highest BCUT2D eigenvalue weighted by Crippen LogP contribution is 2.32. The molecular weight excluding hydrogens is 205 g/mol. The molecule has 1 rings (SSSR count). The van der Waals surface area contributed by atoms with Gasteiger partial charge in [-0.15, -0.1) is 0 Å². The lowest BCUT2D eigenvalue weighted by atomic mass is 10.1. The van der Waals surface area contributed by atoms with Gasteiger partial charge in [-0.25, -0.2) is 0 Å². The monoisotopic (exact) mass is 216 g/mol. The van der Waals surface area contributed by atoms with Crippen molar-refractivity contribution in [3.05, 3.63) is 42.0 Å². The number of methoxy groups -OCH3 is 1. The molecule has 0 aliphatic heterocycles. The Labute approximate surface area is 86.2 Å². The summed E-state index contributed by atoms with van der Waals surface area (Å²) >= 11 is 0. The van der Waals surface area contributed by atoms with Crippen molar-refractivity contribution in [2.24, 2.45) is 0 Å². The third kappa shape index (κ3) is 3.09. The second-order valence-corrected chi connectivity index (χ2v) is 3.11. The molecule has 1 aromatic rings. The number of alkyl halides is 3. The lowest BCUT2D eigenvalue weighted by Crippen LogP contribution is -2.09. The van der Waals surface area contributed by atoms with E-state index in [4.69, 9.17) is 4.74 Å². The fourth-order valence-corrected chi connectivity index (χ4v) is 1.13. The van der Waals surface area contributed by atoms with Crippen LogP contribution in [0.15, 0.2) is 30.8 Å². The zero-order chi connectivity index (χ0) is 11.5. The third-order valence-electron chi connectivity index (χ3n) is 1.96. The summed E-state index contributed by atoms with van der Waals surface area (Å²) in [6.07, 6.45) is -4.37. The molecule has 0 heterocycles. The highest BCUT2D eigenvalue weighted by atomic mass is 19.4. The molecule has 0 atom stereocenters. The summed E-state index contributed by atoms with van der Waals surface area (Å²) < 4.78 is 41.6. The minimum atomic E-state index is -4.37. The molecule has 0 saturated heterocycles. The minimum Gasteiger partial charge on any atom is -0.380 e. The SMILES string of the molecule is C=C(c1ccc(COC)cc1)C(F)(F)F. The summed E-state index contributed by atoms with van der Waals surface area (Å²) in [6.45, 7) is 3.40. The molecule has 0 saturated carbocycles. The molecule has 0 N–H and O–H groups in total. The van der Waals surface area contributed by atoms with Crippen LogP contribution in [0.4, 0.5) is 13.2 Å². The van der Waals surface area contributed by atoms with Gasteiger partial charge in [-0.3, -0.25) is 0 Å². The van der Waals surface area contributed by atoms with Crippen molar-refractivity contribution < 1.29 is 17.9 Å². The van der Waals surface area contributed by atoms with Gasteiger partial charge < -0.3 is 4.74 Å². The molecule has 0 aromatic heterocycles. The van der Waals surface area contributed by atoms with Crippen molar-refractivity contribution in [3.63, 3.8) is 0 Å². The molecule has 0 bridgehead atoms. The first kappa shape index (κ1) is 11.8. The molecule has 0 spiro atoms. The van der Waals surface area contributed by atoms with E-state index in [9.17, 15) is 13.2 Å². The van der Waals surface area contributed by atoms with Crippen LogP contribution in [0.5, 0.6) is 0 Å². The molecule has 0 aliphatic rings. The van der Waals surface area contributed by atoms with E-state index < -0.39 is 11.7 Å². The lowest BCUT2D eigenvalue weighted by Gasteiger charge is -2.10. The molecule has 4 heteroatoms. The Kier molecular flexibility index (Phi) is 3.52. The van der Waals surface area contributed by atoms with Crippen LogP contribution in [0.3, 0.4) is 0 Å². The second-order valence-electron chi connectivity index (χ2n) is 3.11. The largest absolute Gasteiger partial charge is 0.416 e. The van der Waals surface area contributed by atoms with Crippen LogP contribution in [0.25, 0.3) is 5.57 Å². The van der Waals surface area contributed by atoms with E-state index in [1.54, 1.807) is 12.1 Å². The second kappa shape index (κ2) is 4.49. The van der Waals surface area contributed by atoms with E-state index in [2.05, 4.69) is 6.58 Å². The first-order valence-corrected chi connectivity index (χ1v) is 4.29. The molecule has 0 fully saturated rings. The van der Waals surface area contributed by atoms with Gasteiger partial charge in [0.25, 0.3) is 0 Å². The lowest BCUT2D eigenvalue weighted by molar-refractivity contribution is -0.0686. The van der Waals surface area contributed by atoms with Crippen LogP contribution < -0.4 is 0 Å². The average Bonchev–Trinajstić information content (AvgIpc) is 2.17. The van der Waals surface area contributed by atoms with Crippen molar-refractivity contribution >= 4 is 5.57 Å². The first-order valence-electron chi connectivity index (χ1n) is 4.29. The zero-order valence-corrected chi connectivity index (χ0v) is 8.27. The van der Waals surface area contributed by atoms with Crippen molar-refractivity contribution in [2.45, 2.75) is 12.8 Å². The molecule has 82 valence electrons. The number of halogens is 3. The van der Waals surface area contributed by atoms with Crippen LogP contribution in [-0.2, 0) is 11.3 Å². The quantitative estimate of drug-likeness (QED) is 0.752. The highest BCUT2D eigenvalue weighted by Gasteiger charge is 2.32. The van der Waals surface area contributed by atoms with Crippen LogP contribution in [0.2, 0.25) is 0 Å². The molecule has 0 radical (unpaired) electrons. The topological polar surface area (TPSA) is 9.23 Å². The number of benzene rings is 1. The fraction of sp³-hybridized carbons (Fsp3) is 0.273. The maximum Gasteiger partial charge on any atom is 0.416 e. The molecule has 0 aliphatic carbocycles. The Bertz CT molecular complexity index is 338. The van der Waals surface area contributed by atoms with E-state index in [0.29, 0.717) is 6.61 Å². The van der Waals surface area contributed by atoms with Crippen molar-refractivity contribution in [1.29, 1.82) is 0 Å². The smallest absolute Gasteiger partial charge is 0.380 e. The van der Waals surface area contributed by atoms with Gasteiger partial charge in [0.15, 0.2) is 0 Å². The maximum atomic E-state index is 12.3. The summed E-state index contributed by atoms with van der Waals surface area (Å²) in [7, 11) is 1.53. The highest BCUT2D eigenvalue weighted by molar-refractivity contribution is 5.67. The standard InChI is InChI=1S/C11H11F3O/c1-8(11(12,13)14)10-5-3-9(4-6-10)7-15-2/h3-6H,1,7H2,2H3. The van der Waals surface area contributed by atoms with Gasteiger partial charge in [0.2, 0.25) is 0 Å². The predicted molar refractivity (Wildman–Crippen MR) is 52.2 cm³/mol. The molecular formula is C11H11F3O. The van der Waals surface area contributed by atoms with Crippen molar-refractivity contribution in [1.82, 2.24) is 0 Å². The summed E-state index contributed by atoms with van der Waals surface area (Å²) in [6, 6.07) is 5.97. The maximum absolute atomic E-state index is 12.3. The van der Waals surface area contributed by atoms with Gasteiger partial charge in [0.05, 0.1) is 12.2 Å². The molecule has 0 amide bonds. The summed E-state index contributed by atoms with van der Waals surface area (Å²) in [5.41, 5.74) is 0.0880. The third-order valence-corrected chi connectivity index (χ3v) is 1.96.